The van der Waals surface area contributed by atoms with Crippen LogP contribution >= 0.6 is 0 Å². The Hall–Kier alpha value is -0.800. The number of hydrogen-bond acceptors (Lipinski definition) is 1. The van der Waals surface area contributed by atoms with Crippen molar-refractivity contribution in [3.05, 3.63) is 29.8 Å². The predicted octanol–water partition coefficient (Wildman–Crippen LogP) is 2.18. The molecule has 1 N–H and O–H groups in total. The highest BCUT2D eigenvalue weighted by atomic mass is 32.2. The third kappa shape index (κ3) is 2.11. The Morgan fingerprint density at radius 3 is 2.08 bits per heavy atom. The molecule has 0 saturated heterocycles. The second-order valence-corrected chi connectivity index (χ2v) is 5.93. The summed E-state index contributed by atoms with van der Waals surface area (Å²) in [5.41, 5.74) is 1.22. The van der Waals surface area contributed by atoms with E-state index in [1.54, 1.807) is 0 Å². The second kappa shape index (κ2) is 3.52. The molecular weight excluding hydrogens is 180 g/mol. The Bertz CT molecular complexity index is 374. The van der Waals surface area contributed by atoms with Crippen molar-refractivity contribution >= 4 is 15.5 Å². The Morgan fingerprint density at radius 1 is 1.23 bits per heavy atom. The van der Waals surface area contributed by atoms with Crippen molar-refractivity contribution in [2.75, 3.05) is 14.1 Å². The molecule has 0 saturated carbocycles. The predicted molar refractivity (Wildman–Crippen MR) is 60.3 cm³/mol. The van der Waals surface area contributed by atoms with Crippen molar-refractivity contribution in [1.29, 1.82) is 4.78 Å². The lowest BCUT2D eigenvalue weighted by atomic mass is 10.2. The van der Waals surface area contributed by atoms with Gasteiger partial charge in [0, 0.05) is 4.90 Å². The first-order valence-electron chi connectivity index (χ1n) is 4.10. The van der Waals surface area contributed by atoms with E-state index in [1.807, 2.05) is 49.6 Å². The van der Waals surface area contributed by atoms with Gasteiger partial charge in [-0.05, 0) is 39.0 Å². The molecule has 1 rings (SSSR count). The lowest BCUT2D eigenvalue weighted by Crippen LogP contribution is -2.20. The first kappa shape index (κ1) is 10.3. The standard InChI is InChI=1S/C10H16N2S/c1-9-5-7-10(8-6-9)13(4,11)12(2)3/h5-8,11H,4H2,1-3H3. The van der Waals surface area contributed by atoms with E-state index in [0.29, 0.717) is 0 Å². The molecule has 0 aliphatic rings. The molecule has 1 aromatic rings. The Labute approximate surface area is 80.8 Å². The van der Waals surface area contributed by atoms with Gasteiger partial charge in [-0.3, -0.25) is 9.08 Å². The molecule has 0 bridgehead atoms. The van der Waals surface area contributed by atoms with Crippen LogP contribution in [0, 0.1) is 11.7 Å². The minimum Gasteiger partial charge on any atom is -0.268 e. The van der Waals surface area contributed by atoms with Gasteiger partial charge in [-0.25, -0.2) is 0 Å². The van der Waals surface area contributed by atoms with Gasteiger partial charge in [0.2, 0.25) is 0 Å². The largest absolute Gasteiger partial charge is 0.268 e. The van der Waals surface area contributed by atoms with E-state index in [9.17, 15) is 0 Å². The Morgan fingerprint density at radius 2 is 1.69 bits per heavy atom. The smallest absolute Gasteiger partial charge is 0.0251 e. The van der Waals surface area contributed by atoms with Crippen LogP contribution in [-0.2, 0) is 9.60 Å². The molecule has 72 valence electrons. The zero-order chi connectivity index (χ0) is 10.1. The number of aryl methyl sites for hydroxylation is 1. The normalized spacial score (nSPS) is 15.7. The van der Waals surface area contributed by atoms with Gasteiger partial charge < -0.3 is 0 Å². The maximum Gasteiger partial charge on any atom is 0.0251 e. The Balaban J connectivity index is 3.17. The van der Waals surface area contributed by atoms with Crippen LogP contribution in [0.2, 0.25) is 0 Å². The molecule has 0 aromatic heterocycles. The molecular formula is C10H16N2S. The molecule has 0 amide bonds. The summed E-state index contributed by atoms with van der Waals surface area (Å²) in [7, 11) is 2.04. The first-order chi connectivity index (χ1) is 5.94. The van der Waals surface area contributed by atoms with Gasteiger partial charge in [-0.2, -0.15) is 0 Å². The van der Waals surface area contributed by atoms with E-state index in [1.165, 1.54) is 5.56 Å². The summed E-state index contributed by atoms with van der Waals surface area (Å²) in [6.07, 6.45) is 0. The third-order valence-electron chi connectivity index (χ3n) is 2.03. The van der Waals surface area contributed by atoms with E-state index in [2.05, 4.69) is 5.87 Å². The molecule has 1 unspecified atom stereocenters. The summed E-state index contributed by atoms with van der Waals surface area (Å²) in [6.45, 7) is 2.05. The summed E-state index contributed by atoms with van der Waals surface area (Å²) >= 11 is 0. The van der Waals surface area contributed by atoms with E-state index in [-0.39, 0.29) is 0 Å². The molecule has 0 heterocycles. The van der Waals surface area contributed by atoms with Crippen molar-refractivity contribution in [3.8, 4) is 0 Å². The fourth-order valence-corrected chi connectivity index (χ4v) is 1.98. The second-order valence-electron chi connectivity index (χ2n) is 3.33. The summed E-state index contributed by atoms with van der Waals surface area (Å²) in [5, 5.41) is 0. The van der Waals surface area contributed by atoms with Gasteiger partial charge >= 0.3 is 0 Å². The van der Waals surface area contributed by atoms with Crippen LogP contribution in [-0.4, -0.2) is 24.3 Å². The lowest BCUT2D eigenvalue weighted by molar-refractivity contribution is 0.687. The lowest BCUT2D eigenvalue weighted by Gasteiger charge is -2.20. The highest BCUT2D eigenvalue weighted by Crippen LogP contribution is 2.14. The van der Waals surface area contributed by atoms with Crippen LogP contribution in [0.25, 0.3) is 0 Å². The van der Waals surface area contributed by atoms with E-state index in [0.717, 1.165) is 4.90 Å². The zero-order valence-corrected chi connectivity index (χ0v) is 9.19. The molecule has 3 heteroatoms. The molecule has 0 radical (unpaired) electrons. The summed E-state index contributed by atoms with van der Waals surface area (Å²) in [4.78, 5) is 1.00. The number of rotatable bonds is 2. The average molecular weight is 196 g/mol. The average Bonchev–Trinajstić information content (AvgIpc) is 2.04. The quantitative estimate of drug-likeness (QED) is 0.721. The van der Waals surface area contributed by atoms with Crippen LogP contribution < -0.4 is 0 Å². The minimum atomic E-state index is -1.76. The fourth-order valence-electron chi connectivity index (χ4n) is 0.974. The van der Waals surface area contributed by atoms with Crippen molar-refractivity contribution < 1.29 is 0 Å². The summed E-state index contributed by atoms with van der Waals surface area (Å²) in [6, 6.07) is 8.04. The molecule has 0 fully saturated rings. The number of benzene rings is 1. The van der Waals surface area contributed by atoms with Crippen LogP contribution in [0.3, 0.4) is 0 Å². The molecule has 1 aromatic carbocycles. The maximum atomic E-state index is 8.09. The van der Waals surface area contributed by atoms with Gasteiger partial charge in [0.25, 0.3) is 0 Å². The van der Waals surface area contributed by atoms with Gasteiger partial charge in [0.05, 0.1) is 0 Å². The fraction of sp³-hybridized carbons (Fsp3) is 0.300. The van der Waals surface area contributed by atoms with Crippen molar-refractivity contribution in [2.45, 2.75) is 11.8 Å². The van der Waals surface area contributed by atoms with Gasteiger partial charge in [-0.15, -0.1) is 0 Å². The van der Waals surface area contributed by atoms with Crippen LogP contribution in [0.4, 0.5) is 0 Å². The molecule has 0 aliphatic carbocycles. The van der Waals surface area contributed by atoms with Crippen molar-refractivity contribution in [3.63, 3.8) is 0 Å². The third-order valence-corrected chi connectivity index (χ3v) is 4.33. The zero-order valence-electron chi connectivity index (χ0n) is 8.37. The maximum absolute atomic E-state index is 8.09. The van der Waals surface area contributed by atoms with Gasteiger partial charge in [0.15, 0.2) is 0 Å². The molecule has 2 nitrogen and oxygen atoms in total. The SMILES string of the molecule is C=S(=N)(c1ccc(C)cc1)N(C)C. The number of hydrogen-bond donors (Lipinski definition) is 1. The first-order valence-corrected chi connectivity index (χ1v) is 5.85. The van der Waals surface area contributed by atoms with Gasteiger partial charge in [-0.1, -0.05) is 27.3 Å². The van der Waals surface area contributed by atoms with Gasteiger partial charge in [0.1, 0.15) is 0 Å². The topological polar surface area (TPSA) is 27.1 Å². The molecule has 0 aliphatic heterocycles. The molecule has 13 heavy (non-hydrogen) atoms. The van der Waals surface area contributed by atoms with Crippen LogP contribution in [0.1, 0.15) is 5.56 Å². The van der Waals surface area contributed by atoms with Crippen molar-refractivity contribution in [1.82, 2.24) is 4.31 Å². The number of nitrogens with one attached hydrogen (secondary N) is 1. The molecule has 0 spiro atoms. The van der Waals surface area contributed by atoms with E-state index in [4.69, 9.17) is 4.78 Å². The van der Waals surface area contributed by atoms with Crippen LogP contribution in [0.5, 0.6) is 0 Å². The molecule has 1 atom stereocenters. The van der Waals surface area contributed by atoms with Crippen LogP contribution in [0.15, 0.2) is 29.2 Å². The summed E-state index contributed by atoms with van der Waals surface area (Å²) in [5.74, 6) is 3.95. The highest BCUT2D eigenvalue weighted by Gasteiger charge is 2.04. The van der Waals surface area contributed by atoms with E-state index >= 15 is 0 Å². The summed E-state index contributed by atoms with van der Waals surface area (Å²) < 4.78 is 9.96. The monoisotopic (exact) mass is 196 g/mol. The van der Waals surface area contributed by atoms with E-state index < -0.39 is 9.60 Å². The van der Waals surface area contributed by atoms with Crippen molar-refractivity contribution in [2.24, 2.45) is 0 Å². The number of nitrogens with zero attached hydrogens (tertiary/aromatic N) is 1. The Kier molecular flexibility index (Phi) is 2.78. The highest BCUT2D eigenvalue weighted by molar-refractivity contribution is 7.99. The minimum absolute atomic E-state index is 1.00.